The highest BCUT2D eigenvalue weighted by molar-refractivity contribution is 6.12. The average molecular weight is 707 g/mol. The molecule has 0 N–H and O–H groups in total. The number of aryl methyl sites for hydroxylation is 1. The van der Waals surface area contributed by atoms with E-state index in [4.69, 9.17) is 4.42 Å². The molecule has 0 unspecified atom stereocenters. The van der Waals surface area contributed by atoms with Gasteiger partial charge in [-0.25, -0.2) is 0 Å². The normalized spacial score (nSPS) is 16.3. The van der Waals surface area contributed by atoms with Gasteiger partial charge in [-0.2, -0.15) is 0 Å². The predicted octanol–water partition coefficient (Wildman–Crippen LogP) is 14.8. The summed E-state index contributed by atoms with van der Waals surface area (Å²) in [7, 11) is 0. The smallest absolute Gasteiger partial charge is 0.135 e. The van der Waals surface area contributed by atoms with Gasteiger partial charge in [0.05, 0.1) is 0 Å². The topological polar surface area (TPSA) is 13.1 Å². The van der Waals surface area contributed by atoms with Gasteiger partial charge < -0.3 is 4.42 Å². The van der Waals surface area contributed by atoms with Crippen LogP contribution in [0.25, 0.3) is 88.0 Å². The number of rotatable bonds is 1. The third-order valence-corrected chi connectivity index (χ3v) is 14.2. The largest absolute Gasteiger partial charge is 0.456 e. The lowest BCUT2D eigenvalue weighted by molar-refractivity contribution is 0.649. The molecule has 9 aromatic rings. The van der Waals surface area contributed by atoms with E-state index in [0.29, 0.717) is 0 Å². The highest BCUT2D eigenvalue weighted by Gasteiger charge is 2.45. The minimum Gasteiger partial charge on any atom is -0.456 e. The Morgan fingerprint density at radius 2 is 0.782 bits per heavy atom. The Hall–Kier alpha value is -5.92. The zero-order chi connectivity index (χ0) is 37.3. The van der Waals surface area contributed by atoms with Crippen LogP contribution >= 0.6 is 0 Å². The van der Waals surface area contributed by atoms with Gasteiger partial charge in [0.15, 0.2) is 0 Å². The van der Waals surface area contributed by atoms with E-state index in [2.05, 4.69) is 170 Å². The number of furan rings is 1. The van der Waals surface area contributed by atoms with Crippen LogP contribution in [0.15, 0.2) is 132 Å². The van der Waals surface area contributed by atoms with Crippen molar-refractivity contribution >= 4 is 43.5 Å². The monoisotopic (exact) mass is 706 g/mol. The summed E-state index contributed by atoms with van der Waals surface area (Å²) < 4.78 is 6.23. The summed E-state index contributed by atoms with van der Waals surface area (Å²) in [6, 6.07) is 48.4. The summed E-state index contributed by atoms with van der Waals surface area (Å²) in [6.45, 7) is 16.9. The maximum absolute atomic E-state index is 6.23. The number of para-hydroxylation sites is 1. The average Bonchev–Trinajstić information content (AvgIpc) is 3.81. The van der Waals surface area contributed by atoms with E-state index in [1.165, 1.54) is 110 Å². The molecule has 0 bridgehead atoms. The van der Waals surface area contributed by atoms with Gasteiger partial charge in [-0.05, 0) is 160 Å². The van der Waals surface area contributed by atoms with Crippen LogP contribution in [0.4, 0.5) is 0 Å². The van der Waals surface area contributed by atoms with Gasteiger partial charge >= 0.3 is 0 Å². The molecular weight excluding hydrogens is 665 g/mol. The van der Waals surface area contributed by atoms with E-state index >= 15 is 0 Å². The Kier molecular flexibility index (Phi) is 5.73. The molecule has 3 aliphatic rings. The summed E-state index contributed by atoms with van der Waals surface area (Å²) in [5.74, 6) is 0. The van der Waals surface area contributed by atoms with E-state index in [1.54, 1.807) is 0 Å². The fraction of sp³-hybridized carbons (Fsp3) is 0.185. The number of benzene rings is 8. The Bertz CT molecular complexity index is 3230. The Balaban J connectivity index is 1.07. The van der Waals surface area contributed by atoms with Crippen LogP contribution in [0.2, 0.25) is 0 Å². The molecule has 0 radical (unpaired) electrons. The van der Waals surface area contributed by atoms with Crippen molar-refractivity contribution in [1.82, 2.24) is 0 Å². The molecule has 0 saturated heterocycles. The molecule has 12 rings (SSSR count). The van der Waals surface area contributed by atoms with Crippen LogP contribution in [0, 0.1) is 6.92 Å². The first-order valence-electron chi connectivity index (χ1n) is 19.8. The van der Waals surface area contributed by atoms with Crippen LogP contribution in [0.5, 0.6) is 0 Å². The lowest BCUT2D eigenvalue weighted by Gasteiger charge is -2.25. The quantitative estimate of drug-likeness (QED) is 0.166. The first kappa shape index (κ1) is 31.4. The van der Waals surface area contributed by atoms with Gasteiger partial charge in [0.25, 0.3) is 0 Å². The summed E-state index contributed by atoms with van der Waals surface area (Å²) in [5.41, 5.74) is 22.3. The molecule has 8 aromatic carbocycles. The first-order chi connectivity index (χ1) is 26.4. The molecule has 264 valence electrons. The van der Waals surface area contributed by atoms with Crippen LogP contribution in [-0.4, -0.2) is 0 Å². The van der Waals surface area contributed by atoms with Gasteiger partial charge in [-0.3, -0.25) is 0 Å². The first-order valence-corrected chi connectivity index (χ1v) is 19.8. The fourth-order valence-electron chi connectivity index (χ4n) is 11.2. The van der Waals surface area contributed by atoms with Crippen LogP contribution < -0.4 is 0 Å². The van der Waals surface area contributed by atoms with Crippen LogP contribution in [-0.2, 0) is 16.2 Å². The second-order valence-electron chi connectivity index (χ2n) is 18.1. The molecule has 0 amide bonds. The van der Waals surface area contributed by atoms with Crippen molar-refractivity contribution in [3.63, 3.8) is 0 Å². The van der Waals surface area contributed by atoms with Gasteiger partial charge in [0.2, 0.25) is 0 Å². The van der Waals surface area contributed by atoms with E-state index in [0.717, 1.165) is 16.6 Å². The lowest BCUT2D eigenvalue weighted by atomic mass is 9.78. The molecule has 1 aromatic heterocycles. The highest BCUT2D eigenvalue weighted by Crippen LogP contribution is 2.61. The maximum atomic E-state index is 6.23. The van der Waals surface area contributed by atoms with Crippen molar-refractivity contribution in [2.75, 3.05) is 0 Å². The number of hydrogen-bond acceptors (Lipinski definition) is 1. The molecule has 0 atom stereocenters. The molecular formula is C54H42O. The Morgan fingerprint density at radius 1 is 0.345 bits per heavy atom. The van der Waals surface area contributed by atoms with Crippen LogP contribution in [0.1, 0.15) is 80.5 Å². The SMILES string of the molecule is Cc1cc2c(c3ccccc13)-c1cc3c(cc1C2(C)C)-c1cc2c(cc1C3(C)C)-c1c(cc(-c3ccc4oc5ccccc5c4c3)c3ccccc13)C2(C)C. The highest BCUT2D eigenvalue weighted by atomic mass is 16.3. The van der Waals surface area contributed by atoms with E-state index in [-0.39, 0.29) is 16.2 Å². The van der Waals surface area contributed by atoms with E-state index in [9.17, 15) is 0 Å². The Morgan fingerprint density at radius 3 is 1.42 bits per heavy atom. The minimum atomic E-state index is -0.180. The van der Waals surface area contributed by atoms with Crippen LogP contribution in [0.3, 0.4) is 0 Å². The van der Waals surface area contributed by atoms with Gasteiger partial charge in [0, 0.05) is 27.0 Å². The molecule has 55 heavy (non-hydrogen) atoms. The molecule has 0 saturated carbocycles. The molecule has 1 heterocycles. The van der Waals surface area contributed by atoms with Gasteiger partial charge in [-0.15, -0.1) is 0 Å². The van der Waals surface area contributed by atoms with Crippen molar-refractivity contribution in [2.45, 2.75) is 64.7 Å². The van der Waals surface area contributed by atoms with Gasteiger partial charge in [0.1, 0.15) is 11.2 Å². The second-order valence-corrected chi connectivity index (χ2v) is 18.1. The zero-order valence-corrected chi connectivity index (χ0v) is 32.5. The van der Waals surface area contributed by atoms with Gasteiger partial charge in [-0.1, -0.05) is 120 Å². The van der Waals surface area contributed by atoms with E-state index in [1.807, 2.05) is 6.07 Å². The second kappa shape index (κ2) is 10.0. The molecule has 1 nitrogen and oxygen atoms in total. The zero-order valence-electron chi connectivity index (χ0n) is 32.5. The summed E-state index contributed by atoms with van der Waals surface area (Å²) in [5, 5.41) is 7.68. The standard InChI is InChI=1S/C54H42O/c1-29-22-46-50(34-17-10-8-14-31(29)34)40-27-42-37(25-44(40)53(46,4)5)38-26-45-41(28-43(38)52(42,2)3)51-35-18-11-9-15-32(35)36(24-47(51)54(45,6)7)30-20-21-49-39(23-30)33-16-12-13-19-48(33)55-49/h8-28H,1-7H3. The molecule has 0 fully saturated rings. The third-order valence-electron chi connectivity index (χ3n) is 14.2. The molecule has 3 aliphatic carbocycles. The summed E-state index contributed by atoms with van der Waals surface area (Å²) in [4.78, 5) is 0. The molecule has 0 spiro atoms. The maximum Gasteiger partial charge on any atom is 0.135 e. The van der Waals surface area contributed by atoms with E-state index < -0.39 is 0 Å². The number of hydrogen-bond donors (Lipinski definition) is 0. The Labute approximate surface area is 322 Å². The number of fused-ring (bicyclic) bond motifs is 16. The summed E-state index contributed by atoms with van der Waals surface area (Å²) in [6.07, 6.45) is 0. The fourth-order valence-corrected chi connectivity index (χ4v) is 11.2. The minimum absolute atomic E-state index is 0.0886. The van der Waals surface area contributed by atoms with Crippen molar-refractivity contribution in [2.24, 2.45) is 0 Å². The molecule has 1 heteroatoms. The lowest BCUT2D eigenvalue weighted by Crippen LogP contribution is -2.17. The molecule has 0 aliphatic heterocycles. The third kappa shape index (κ3) is 3.79. The summed E-state index contributed by atoms with van der Waals surface area (Å²) >= 11 is 0. The van der Waals surface area contributed by atoms with Crippen molar-refractivity contribution in [1.29, 1.82) is 0 Å². The van der Waals surface area contributed by atoms with Crippen molar-refractivity contribution in [3.8, 4) is 44.5 Å². The van der Waals surface area contributed by atoms with Crippen molar-refractivity contribution in [3.05, 3.63) is 166 Å². The van der Waals surface area contributed by atoms with Crippen molar-refractivity contribution < 1.29 is 4.42 Å². The predicted molar refractivity (Wildman–Crippen MR) is 232 cm³/mol.